The zero-order valence-electron chi connectivity index (χ0n) is 14.4. The number of aryl methyl sites for hydroxylation is 1. The van der Waals surface area contributed by atoms with Crippen LogP contribution in [0.25, 0.3) is 0 Å². The number of nitrogens with zero attached hydrogens (tertiary/aromatic N) is 2. The summed E-state index contributed by atoms with van der Waals surface area (Å²) in [5.74, 6) is 1.87. The molecule has 3 aromatic rings. The van der Waals surface area contributed by atoms with E-state index < -0.39 is 0 Å². The lowest BCUT2D eigenvalue weighted by Crippen LogP contribution is -2.22. The molecule has 136 valence electrons. The third-order valence-electron chi connectivity index (χ3n) is 3.40. The summed E-state index contributed by atoms with van der Waals surface area (Å²) in [5, 5.41) is 6.21. The third-order valence-corrected chi connectivity index (χ3v) is 4.44. The van der Waals surface area contributed by atoms with Crippen molar-refractivity contribution in [2.45, 2.75) is 19.9 Å². The molecule has 1 aromatic heterocycles. The van der Waals surface area contributed by atoms with Crippen molar-refractivity contribution < 1.29 is 4.74 Å². The molecule has 0 aliphatic carbocycles. The maximum absolute atomic E-state index is 5.97. The Labute approximate surface area is 174 Å². The number of nitrogens with one attached hydrogen (secondary N) is 1. The minimum absolute atomic E-state index is 0. The topological polar surface area (TPSA) is 72.5 Å². The first kappa shape index (κ1) is 20.2. The van der Waals surface area contributed by atoms with Crippen molar-refractivity contribution in [2.75, 3.05) is 5.32 Å². The lowest BCUT2D eigenvalue weighted by atomic mass is 10.3. The molecule has 5 nitrogen and oxygen atoms in total. The van der Waals surface area contributed by atoms with Crippen LogP contribution in [0.2, 0.25) is 0 Å². The number of rotatable bonds is 6. The Hall–Kier alpha value is -2.13. The maximum atomic E-state index is 5.97. The van der Waals surface area contributed by atoms with Crippen molar-refractivity contribution in [1.29, 1.82) is 0 Å². The number of para-hydroxylation sites is 1. The predicted molar refractivity (Wildman–Crippen MR) is 119 cm³/mol. The van der Waals surface area contributed by atoms with E-state index in [1.54, 1.807) is 11.3 Å². The van der Waals surface area contributed by atoms with E-state index in [1.165, 1.54) is 0 Å². The summed E-state index contributed by atoms with van der Waals surface area (Å²) >= 11 is 1.65. The molecule has 7 heteroatoms. The zero-order chi connectivity index (χ0) is 17.5. The Bertz CT molecular complexity index is 852. The fourth-order valence-electron chi connectivity index (χ4n) is 2.20. The fourth-order valence-corrected chi connectivity index (χ4v) is 2.94. The molecule has 3 rings (SSSR count). The van der Waals surface area contributed by atoms with E-state index in [0.717, 1.165) is 34.3 Å². The molecule has 2 aromatic carbocycles. The average molecular weight is 480 g/mol. The highest BCUT2D eigenvalue weighted by Gasteiger charge is 2.02. The van der Waals surface area contributed by atoms with Crippen molar-refractivity contribution in [1.82, 2.24) is 4.98 Å². The average Bonchev–Trinajstić information content (AvgIpc) is 3.09. The van der Waals surface area contributed by atoms with Crippen LogP contribution in [0, 0.1) is 0 Å². The standard InChI is InChI=1S/C19H20N4OS.HI/c1-2-18-22-15(13-25-18)12-21-19(20)23-14-7-6-10-17(11-14)24-16-8-4-3-5-9-16;/h3-11,13H,2,12H2,1H3,(H3,20,21,23);1H. The quantitative estimate of drug-likeness (QED) is 0.295. The second-order valence-corrected chi connectivity index (χ2v) is 6.30. The monoisotopic (exact) mass is 480 g/mol. The number of nitrogens with two attached hydrogens (primary N) is 1. The van der Waals surface area contributed by atoms with E-state index in [2.05, 4.69) is 22.2 Å². The van der Waals surface area contributed by atoms with Gasteiger partial charge < -0.3 is 15.8 Å². The molecule has 0 bridgehead atoms. The highest BCUT2D eigenvalue weighted by molar-refractivity contribution is 14.0. The number of thiazole rings is 1. The van der Waals surface area contributed by atoms with E-state index in [-0.39, 0.29) is 24.0 Å². The summed E-state index contributed by atoms with van der Waals surface area (Å²) in [5.41, 5.74) is 7.73. The molecule has 0 fully saturated rings. The van der Waals surface area contributed by atoms with Gasteiger partial charge in [-0.3, -0.25) is 0 Å². The molecule has 3 N–H and O–H groups in total. The van der Waals surface area contributed by atoms with Crippen molar-refractivity contribution in [2.24, 2.45) is 10.7 Å². The molecule has 1 heterocycles. The fraction of sp³-hybridized carbons (Fsp3) is 0.158. The van der Waals surface area contributed by atoms with Gasteiger partial charge in [-0.15, -0.1) is 35.3 Å². The van der Waals surface area contributed by atoms with Gasteiger partial charge in [0.05, 0.1) is 17.2 Å². The lowest BCUT2D eigenvalue weighted by Gasteiger charge is -2.09. The van der Waals surface area contributed by atoms with Gasteiger partial charge in [-0.2, -0.15) is 0 Å². The van der Waals surface area contributed by atoms with Crippen LogP contribution in [0.15, 0.2) is 65.0 Å². The number of hydrogen-bond acceptors (Lipinski definition) is 4. The number of hydrogen-bond donors (Lipinski definition) is 2. The van der Waals surface area contributed by atoms with E-state index in [9.17, 15) is 0 Å². The summed E-state index contributed by atoms with van der Waals surface area (Å²) < 4.78 is 5.82. The SMILES string of the molecule is CCc1nc(CN=C(N)Nc2cccc(Oc3ccccc3)c2)cs1.I. The molecular formula is C19H21IN4OS. The Kier molecular flexibility index (Phi) is 7.86. The number of aliphatic imine (C=N–C) groups is 1. The van der Waals surface area contributed by atoms with E-state index in [4.69, 9.17) is 10.5 Å². The van der Waals surface area contributed by atoms with Gasteiger partial charge in [0.15, 0.2) is 5.96 Å². The van der Waals surface area contributed by atoms with Gasteiger partial charge in [-0.05, 0) is 30.7 Å². The molecule has 0 radical (unpaired) electrons. The number of guanidine groups is 1. The molecule has 0 saturated carbocycles. The molecule has 0 unspecified atom stereocenters. The predicted octanol–water partition coefficient (Wildman–Crippen LogP) is 5.04. The zero-order valence-corrected chi connectivity index (χ0v) is 17.5. The molecule has 0 spiro atoms. The van der Waals surface area contributed by atoms with E-state index in [0.29, 0.717) is 12.5 Å². The Morgan fingerprint density at radius 3 is 2.65 bits per heavy atom. The first-order valence-corrected chi connectivity index (χ1v) is 8.94. The molecule has 0 aliphatic heterocycles. The van der Waals surface area contributed by atoms with Crippen LogP contribution >= 0.6 is 35.3 Å². The minimum Gasteiger partial charge on any atom is -0.457 e. The molecule has 0 aliphatic rings. The summed E-state index contributed by atoms with van der Waals surface area (Å²) in [6, 6.07) is 17.2. The van der Waals surface area contributed by atoms with Crippen LogP contribution in [-0.2, 0) is 13.0 Å². The Morgan fingerprint density at radius 2 is 1.92 bits per heavy atom. The van der Waals surface area contributed by atoms with Crippen LogP contribution in [0.5, 0.6) is 11.5 Å². The van der Waals surface area contributed by atoms with Crippen molar-refractivity contribution >= 4 is 47.0 Å². The third kappa shape index (κ3) is 5.99. The smallest absolute Gasteiger partial charge is 0.193 e. The highest BCUT2D eigenvalue weighted by atomic mass is 127. The van der Waals surface area contributed by atoms with Crippen LogP contribution in [-0.4, -0.2) is 10.9 Å². The van der Waals surface area contributed by atoms with Gasteiger partial charge in [0.2, 0.25) is 0 Å². The molecule has 0 amide bonds. The van der Waals surface area contributed by atoms with Crippen molar-refractivity contribution in [3.05, 3.63) is 70.7 Å². The van der Waals surface area contributed by atoms with Crippen molar-refractivity contribution in [3.8, 4) is 11.5 Å². The number of aromatic nitrogens is 1. The molecule has 26 heavy (non-hydrogen) atoms. The summed E-state index contributed by atoms with van der Waals surface area (Å²) in [4.78, 5) is 8.81. The van der Waals surface area contributed by atoms with Gasteiger partial charge in [-0.1, -0.05) is 31.2 Å². The normalized spacial score (nSPS) is 10.9. The first-order valence-electron chi connectivity index (χ1n) is 8.06. The molecule has 0 saturated heterocycles. The van der Waals surface area contributed by atoms with E-state index in [1.807, 2.05) is 60.0 Å². The van der Waals surface area contributed by atoms with Gasteiger partial charge in [0.25, 0.3) is 0 Å². The minimum atomic E-state index is 0. The number of halogens is 1. The molecule has 0 atom stereocenters. The number of ether oxygens (including phenoxy) is 1. The first-order chi connectivity index (χ1) is 12.2. The maximum Gasteiger partial charge on any atom is 0.193 e. The van der Waals surface area contributed by atoms with Crippen LogP contribution in [0.3, 0.4) is 0 Å². The summed E-state index contributed by atoms with van der Waals surface area (Å²) in [6.45, 7) is 2.56. The van der Waals surface area contributed by atoms with Gasteiger partial charge in [0, 0.05) is 17.1 Å². The van der Waals surface area contributed by atoms with E-state index >= 15 is 0 Å². The number of anilines is 1. The Balaban J connectivity index is 0.00000243. The lowest BCUT2D eigenvalue weighted by molar-refractivity contribution is 0.483. The van der Waals surface area contributed by atoms with Crippen LogP contribution < -0.4 is 15.8 Å². The Morgan fingerprint density at radius 1 is 1.15 bits per heavy atom. The highest BCUT2D eigenvalue weighted by Crippen LogP contribution is 2.23. The van der Waals surface area contributed by atoms with Gasteiger partial charge in [0.1, 0.15) is 11.5 Å². The second-order valence-electron chi connectivity index (χ2n) is 5.36. The van der Waals surface area contributed by atoms with Crippen LogP contribution in [0.4, 0.5) is 5.69 Å². The summed E-state index contributed by atoms with van der Waals surface area (Å²) in [6.07, 6.45) is 0.941. The van der Waals surface area contributed by atoms with Crippen molar-refractivity contribution in [3.63, 3.8) is 0 Å². The number of benzene rings is 2. The second kappa shape index (κ2) is 10.1. The summed E-state index contributed by atoms with van der Waals surface area (Å²) in [7, 11) is 0. The van der Waals surface area contributed by atoms with Gasteiger partial charge in [-0.25, -0.2) is 9.98 Å². The van der Waals surface area contributed by atoms with Gasteiger partial charge >= 0.3 is 0 Å². The molecular weight excluding hydrogens is 459 g/mol. The largest absolute Gasteiger partial charge is 0.457 e. The van der Waals surface area contributed by atoms with Crippen LogP contribution in [0.1, 0.15) is 17.6 Å².